The molecule has 3 N–H and O–H groups in total. The molecule has 10 nitrogen and oxygen atoms in total. The summed E-state index contributed by atoms with van der Waals surface area (Å²) < 4.78 is 80.9. The Balaban J connectivity index is 1.48. The van der Waals surface area contributed by atoms with E-state index in [9.17, 15) is 27.3 Å². The fourth-order valence-corrected chi connectivity index (χ4v) is 6.59. The zero-order valence-electron chi connectivity index (χ0n) is 30.4. The summed E-state index contributed by atoms with van der Waals surface area (Å²) in [7, 11) is 0. The number of nitrogens with zero attached hydrogens (tertiary/aromatic N) is 3. The Hall–Kier alpha value is -4.47. The van der Waals surface area contributed by atoms with Gasteiger partial charge in [-0.1, -0.05) is 37.1 Å². The molecule has 0 saturated heterocycles. The molecular weight excluding hydrogens is 713 g/mol. The van der Waals surface area contributed by atoms with Gasteiger partial charge in [-0.3, -0.25) is 9.78 Å². The Kier molecular flexibility index (Phi) is 11.6. The minimum atomic E-state index is -5.03. The van der Waals surface area contributed by atoms with E-state index in [0.717, 1.165) is 36.2 Å². The van der Waals surface area contributed by atoms with Crippen molar-refractivity contribution in [1.82, 2.24) is 24.8 Å². The molecule has 0 radical (unpaired) electrons. The second kappa shape index (κ2) is 15.5. The van der Waals surface area contributed by atoms with Crippen LogP contribution in [-0.4, -0.2) is 41.7 Å². The summed E-state index contributed by atoms with van der Waals surface area (Å²) in [5, 5.41) is 8.63. The molecular formula is C38H44F4N6O4S. The van der Waals surface area contributed by atoms with Crippen LogP contribution in [0, 0.1) is 11.7 Å². The molecule has 15 heteroatoms. The molecule has 1 aliphatic rings. The van der Waals surface area contributed by atoms with Gasteiger partial charge < -0.3 is 19.9 Å². The van der Waals surface area contributed by atoms with Crippen molar-refractivity contribution in [3.05, 3.63) is 107 Å². The highest BCUT2D eigenvalue weighted by molar-refractivity contribution is 7.90. The van der Waals surface area contributed by atoms with E-state index >= 15 is 4.39 Å². The maximum absolute atomic E-state index is 15.5. The SMILES string of the molecule is CC(C)(C)OC(=O)NCc1cccc(-n2cc(C(=O)Nc3cc([C@](CCC4CC4)(N[S@+]([O-])C(C)(C)C)c4cccnc4)ccc3F)c(C(F)(F)F)n2)c1. The molecule has 1 fully saturated rings. The molecule has 2 aromatic carbocycles. The predicted octanol–water partition coefficient (Wildman–Crippen LogP) is 8.19. The van der Waals surface area contributed by atoms with E-state index in [2.05, 4.69) is 25.4 Å². The largest absolute Gasteiger partial charge is 0.598 e. The molecule has 2 heterocycles. The third-order valence-corrected chi connectivity index (χ3v) is 10.2. The Morgan fingerprint density at radius 3 is 2.36 bits per heavy atom. The van der Waals surface area contributed by atoms with Crippen LogP contribution in [0.4, 0.5) is 28.0 Å². The predicted molar refractivity (Wildman–Crippen MR) is 194 cm³/mol. The number of rotatable bonds is 12. The van der Waals surface area contributed by atoms with Gasteiger partial charge in [0.05, 0.1) is 16.9 Å². The highest BCUT2D eigenvalue weighted by atomic mass is 32.2. The average Bonchev–Trinajstić information content (AvgIpc) is 3.79. The lowest BCUT2D eigenvalue weighted by atomic mass is 9.80. The van der Waals surface area contributed by atoms with Gasteiger partial charge in [-0.25, -0.2) is 13.9 Å². The Bertz CT molecular complexity index is 1920. The number of aromatic nitrogens is 3. The number of alkyl halides is 3. The minimum absolute atomic E-state index is 0.0124. The van der Waals surface area contributed by atoms with E-state index < -0.39 is 62.5 Å². The molecule has 0 spiro atoms. The van der Waals surface area contributed by atoms with Gasteiger partial charge in [0, 0.05) is 36.5 Å². The number of amides is 2. The molecule has 0 aliphatic heterocycles. The quantitative estimate of drug-likeness (QED) is 0.0981. The highest BCUT2D eigenvalue weighted by Crippen LogP contribution is 2.43. The maximum Gasteiger partial charge on any atom is 0.435 e. The van der Waals surface area contributed by atoms with Crippen molar-refractivity contribution in [2.45, 2.75) is 95.8 Å². The van der Waals surface area contributed by atoms with E-state index in [4.69, 9.17) is 4.74 Å². The van der Waals surface area contributed by atoms with Crippen LogP contribution in [0.25, 0.3) is 5.69 Å². The van der Waals surface area contributed by atoms with E-state index in [1.807, 2.05) is 26.8 Å². The fourth-order valence-electron chi connectivity index (χ4n) is 5.63. The van der Waals surface area contributed by atoms with E-state index in [1.54, 1.807) is 51.4 Å². The summed E-state index contributed by atoms with van der Waals surface area (Å²) >= 11 is -1.61. The molecule has 284 valence electrons. The van der Waals surface area contributed by atoms with Gasteiger partial charge in [-0.15, -0.1) is 4.72 Å². The second-order valence-electron chi connectivity index (χ2n) is 15.1. The van der Waals surface area contributed by atoms with E-state index in [-0.39, 0.29) is 17.9 Å². The Morgan fingerprint density at radius 1 is 1.00 bits per heavy atom. The Labute approximate surface area is 309 Å². The zero-order valence-corrected chi connectivity index (χ0v) is 31.3. The number of hydrogen-bond donors (Lipinski definition) is 3. The molecule has 0 bridgehead atoms. The van der Waals surface area contributed by atoms with E-state index in [0.29, 0.717) is 29.0 Å². The molecule has 5 rings (SSSR count). The van der Waals surface area contributed by atoms with Crippen molar-refractivity contribution < 1.29 is 36.4 Å². The van der Waals surface area contributed by atoms with Gasteiger partial charge in [0.15, 0.2) is 5.69 Å². The first-order chi connectivity index (χ1) is 24.7. The van der Waals surface area contributed by atoms with Crippen LogP contribution in [0.15, 0.2) is 73.2 Å². The van der Waals surface area contributed by atoms with Crippen LogP contribution in [0.2, 0.25) is 0 Å². The average molecular weight is 757 g/mol. The monoisotopic (exact) mass is 756 g/mol. The first kappa shape index (κ1) is 39.7. The number of halogens is 4. The number of pyridine rings is 1. The summed E-state index contributed by atoms with van der Waals surface area (Å²) in [4.78, 5) is 30.0. The maximum atomic E-state index is 15.5. The lowest BCUT2D eigenvalue weighted by Crippen LogP contribution is -2.52. The van der Waals surface area contributed by atoms with Crippen LogP contribution in [0.5, 0.6) is 0 Å². The number of ether oxygens (including phenoxy) is 1. The molecule has 0 unspecified atom stereocenters. The lowest BCUT2D eigenvalue weighted by Gasteiger charge is -2.38. The van der Waals surface area contributed by atoms with Crippen molar-refractivity contribution in [3.8, 4) is 5.69 Å². The number of carbonyl (C=O) groups excluding carboxylic acids is 2. The van der Waals surface area contributed by atoms with Crippen LogP contribution in [0.1, 0.15) is 100.0 Å². The van der Waals surface area contributed by atoms with Crippen molar-refractivity contribution >= 4 is 29.0 Å². The first-order valence-corrected chi connectivity index (χ1v) is 18.3. The number of alkyl carbamates (subject to hydrolysis) is 1. The van der Waals surface area contributed by atoms with Crippen LogP contribution in [0.3, 0.4) is 0 Å². The van der Waals surface area contributed by atoms with Crippen molar-refractivity contribution in [2.75, 3.05) is 5.32 Å². The first-order valence-electron chi connectivity index (χ1n) is 17.2. The smallest absolute Gasteiger partial charge is 0.435 e. The molecule has 2 atom stereocenters. The minimum Gasteiger partial charge on any atom is -0.598 e. The van der Waals surface area contributed by atoms with Crippen LogP contribution < -0.4 is 15.4 Å². The molecule has 1 saturated carbocycles. The van der Waals surface area contributed by atoms with Gasteiger partial charge in [0.2, 0.25) is 0 Å². The van der Waals surface area contributed by atoms with Crippen molar-refractivity contribution in [3.63, 3.8) is 0 Å². The molecule has 4 aromatic rings. The third-order valence-electron chi connectivity index (χ3n) is 8.55. The summed E-state index contributed by atoms with van der Waals surface area (Å²) in [5.74, 6) is -1.65. The van der Waals surface area contributed by atoms with Gasteiger partial charge in [0.1, 0.15) is 21.7 Å². The summed E-state index contributed by atoms with van der Waals surface area (Å²) in [6.07, 6.45) is 1.77. The number of carbonyl (C=O) groups is 2. The van der Waals surface area contributed by atoms with Crippen molar-refractivity contribution in [1.29, 1.82) is 0 Å². The van der Waals surface area contributed by atoms with Gasteiger partial charge in [-0.2, -0.15) is 18.3 Å². The summed E-state index contributed by atoms with van der Waals surface area (Å²) in [6, 6.07) is 13.8. The number of benzene rings is 2. The van der Waals surface area contributed by atoms with E-state index in [1.165, 1.54) is 24.3 Å². The Morgan fingerprint density at radius 2 is 1.74 bits per heavy atom. The molecule has 2 aromatic heterocycles. The zero-order chi connectivity index (χ0) is 38.8. The molecule has 2 amide bonds. The van der Waals surface area contributed by atoms with Gasteiger partial charge in [-0.05, 0) is 107 Å². The molecule has 1 aliphatic carbocycles. The highest BCUT2D eigenvalue weighted by Gasteiger charge is 2.44. The number of nitrogens with one attached hydrogen (secondary N) is 3. The van der Waals surface area contributed by atoms with Gasteiger partial charge >= 0.3 is 12.3 Å². The third kappa shape index (κ3) is 10.1. The normalized spacial score (nSPS) is 15.4. The number of anilines is 1. The van der Waals surface area contributed by atoms with Crippen LogP contribution in [-0.2, 0) is 34.4 Å². The second-order valence-corrected chi connectivity index (χ2v) is 17.1. The topological polar surface area (TPSA) is 133 Å². The number of hydrogen-bond acceptors (Lipinski definition) is 7. The summed E-state index contributed by atoms with van der Waals surface area (Å²) in [5.41, 5.74) is -2.73. The summed E-state index contributed by atoms with van der Waals surface area (Å²) in [6.45, 7) is 10.6. The lowest BCUT2D eigenvalue weighted by molar-refractivity contribution is -0.141. The standard InChI is InChI=1S/C38H44F4N6O4S/c1-35(2,3)52-34(50)44-21-25-9-7-11-28(19-25)48-23-29(32(46-48)38(40,41)42)33(49)45-31-20-26(14-15-30(31)39)37(17-16-24-12-13-24,27-10-8-18-43-22-27)47-53(51)36(4,5)6/h7-11,14-15,18-20,22-24,47H,12-13,16-17,21H2,1-6H3,(H,44,50)(H,45,49)/t37-,53+/m0/s1. The van der Waals surface area contributed by atoms with Crippen LogP contribution >= 0.6 is 0 Å². The van der Waals surface area contributed by atoms with Crippen molar-refractivity contribution in [2.24, 2.45) is 5.92 Å². The molecule has 53 heavy (non-hydrogen) atoms. The fraction of sp³-hybridized carbons (Fsp3) is 0.421. The van der Waals surface area contributed by atoms with Gasteiger partial charge in [0.25, 0.3) is 5.91 Å².